The molecule has 0 N–H and O–H groups in total. The Bertz CT molecular complexity index is 206. The molecule has 0 radical (unpaired) electrons. The third kappa shape index (κ3) is 14.8. The molecule has 22 heavy (non-hydrogen) atoms. The van der Waals surface area contributed by atoms with Crippen molar-refractivity contribution < 1.29 is 9.47 Å². The minimum Gasteiger partial charge on any atom is -0.382 e. The summed E-state index contributed by atoms with van der Waals surface area (Å²) in [6, 6.07) is 0. The third-order valence-corrected chi connectivity index (χ3v) is 4.76. The third-order valence-electron chi connectivity index (χ3n) is 4.76. The summed E-state index contributed by atoms with van der Waals surface area (Å²) in [4.78, 5) is 0. The summed E-state index contributed by atoms with van der Waals surface area (Å²) < 4.78 is 10.9. The van der Waals surface area contributed by atoms with E-state index in [-0.39, 0.29) is 0 Å². The molecule has 0 saturated carbocycles. The molecule has 0 aliphatic rings. The van der Waals surface area contributed by atoms with Crippen LogP contribution in [0, 0.1) is 0 Å². The quantitative estimate of drug-likeness (QED) is 0.285. The van der Waals surface area contributed by atoms with Gasteiger partial charge in [0.25, 0.3) is 0 Å². The van der Waals surface area contributed by atoms with E-state index in [1.807, 2.05) is 7.11 Å². The Kier molecular flexibility index (Phi) is 17.2. The molecular formula is C20H42O2. The van der Waals surface area contributed by atoms with Gasteiger partial charge in [-0.25, -0.2) is 0 Å². The van der Waals surface area contributed by atoms with E-state index in [9.17, 15) is 0 Å². The van der Waals surface area contributed by atoms with Crippen LogP contribution in [0.25, 0.3) is 0 Å². The molecule has 0 bridgehead atoms. The van der Waals surface area contributed by atoms with Gasteiger partial charge in [0.15, 0.2) is 0 Å². The Hall–Kier alpha value is -0.0800. The van der Waals surface area contributed by atoms with Gasteiger partial charge in [-0.3, -0.25) is 0 Å². The summed E-state index contributed by atoms with van der Waals surface area (Å²) in [6.45, 7) is 4.42. The van der Waals surface area contributed by atoms with Gasteiger partial charge in [0.1, 0.15) is 0 Å². The molecule has 0 aliphatic carbocycles. The second kappa shape index (κ2) is 17.3. The number of unbranched alkanes of at least 4 members (excludes halogenated alkanes) is 10. The highest BCUT2D eigenvalue weighted by Gasteiger charge is 2.09. The predicted molar refractivity (Wildman–Crippen MR) is 97.6 cm³/mol. The maximum Gasteiger partial charge on any atom is 0.0572 e. The molecule has 2 unspecified atom stereocenters. The number of hydrogen-bond donors (Lipinski definition) is 0. The number of rotatable bonds is 17. The second-order valence-electron chi connectivity index (χ2n) is 6.81. The molecule has 0 saturated heterocycles. The molecule has 0 spiro atoms. The molecule has 2 atom stereocenters. The Labute approximate surface area is 140 Å². The minimum absolute atomic E-state index is 0.356. The first-order valence-electron chi connectivity index (χ1n) is 9.80. The lowest BCUT2D eigenvalue weighted by Gasteiger charge is -2.17. The van der Waals surface area contributed by atoms with Crippen LogP contribution in [0.1, 0.15) is 104 Å². The van der Waals surface area contributed by atoms with Crippen LogP contribution in [0.3, 0.4) is 0 Å². The van der Waals surface area contributed by atoms with Crippen LogP contribution in [0.4, 0.5) is 0 Å². The van der Waals surface area contributed by atoms with Crippen molar-refractivity contribution >= 4 is 0 Å². The molecule has 0 aliphatic heterocycles. The van der Waals surface area contributed by atoms with Crippen molar-refractivity contribution in [1.82, 2.24) is 0 Å². The van der Waals surface area contributed by atoms with Crippen LogP contribution in [0.2, 0.25) is 0 Å². The van der Waals surface area contributed by atoms with Gasteiger partial charge in [-0.05, 0) is 26.2 Å². The molecule has 0 heterocycles. The van der Waals surface area contributed by atoms with Gasteiger partial charge >= 0.3 is 0 Å². The smallest absolute Gasteiger partial charge is 0.0572 e. The summed E-state index contributed by atoms with van der Waals surface area (Å²) in [5, 5.41) is 0. The molecule has 0 aromatic heterocycles. The second-order valence-corrected chi connectivity index (χ2v) is 6.81. The molecular weight excluding hydrogens is 272 g/mol. The monoisotopic (exact) mass is 314 g/mol. The van der Waals surface area contributed by atoms with Crippen LogP contribution >= 0.6 is 0 Å². The Morgan fingerprint density at radius 1 is 0.591 bits per heavy atom. The lowest BCUT2D eigenvalue weighted by atomic mass is 10.0. The van der Waals surface area contributed by atoms with Crippen molar-refractivity contribution in [3.8, 4) is 0 Å². The minimum atomic E-state index is 0.356. The predicted octanol–water partition coefficient (Wildman–Crippen LogP) is 6.52. The first-order valence-corrected chi connectivity index (χ1v) is 9.80. The van der Waals surface area contributed by atoms with Gasteiger partial charge in [-0.15, -0.1) is 0 Å². The van der Waals surface area contributed by atoms with E-state index in [0.29, 0.717) is 12.2 Å². The Balaban J connectivity index is 3.29. The summed E-state index contributed by atoms with van der Waals surface area (Å²) in [6.07, 6.45) is 19.7. The molecule has 2 heteroatoms. The number of hydrogen-bond acceptors (Lipinski definition) is 2. The van der Waals surface area contributed by atoms with Gasteiger partial charge < -0.3 is 9.47 Å². The van der Waals surface area contributed by atoms with E-state index >= 15 is 0 Å². The van der Waals surface area contributed by atoms with Crippen molar-refractivity contribution in [1.29, 1.82) is 0 Å². The van der Waals surface area contributed by atoms with Crippen molar-refractivity contribution in [3.63, 3.8) is 0 Å². The fourth-order valence-electron chi connectivity index (χ4n) is 2.95. The van der Waals surface area contributed by atoms with Crippen LogP contribution in [-0.2, 0) is 9.47 Å². The highest BCUT2D eigenvalue weighted by atomic mass is 16.5. The van der Waals surface area contributed by atoms with Crippen LogP contribution in [-0.4, -0.2) is 26.4 Å². The van der Waals surface area contributed by atoms with E-state index < -0.39 is 0 Å². The Morgan fingerprint density at radius 3 is 1.55 bits per heavy atom. The van der Waals surface area contributed by atoms with Crippen molar-refractivity contribution in [2.45, 2.75) is 116 Å². The Morgan fingerprint density at radius 2 is 1.09 bits per heavy atom. The average Bonchev–Trinajstić information content (AvgIpc) is 2.54. The van der Waals surface area contributed by atoms with Crippen molar-refractivity contribution in [2.24, 2.45) is 0 Å². The lowest BCUT2D eigenvalue weighted by molar-refractivity contribution is 0.0553. The van der Waals surface area contributed by atoms with Gasteiger partial charge in [-0.1, -0.05) is 77.6 Å². The normalized spacial score (nSPS) is 14.2. The largest absolute Gasteiger partial charge is 0.382 e. The van der Waals surface area contributed by atoms with Crippen LogP contribution in [0.15, 0.2) is 0 Å². The van der Waals surface area contributed by atoms with E-state index in [2.05, 4.69) is 13.8 Å². The van der Waals surface area contributed by atoms with E-state index in [4.69, 9.17) is 9.47 Å². The maximum atomic E-state index is 5.58. The van der Waals surface area contributed by atoms with E-state index in [0.717, 1.165) is 12.8 Å². The van der Waals surface area contributed by atoms with E-state index in [1.54, 1.807) is 7.11 Å². The van der Waals surface area contributed by atoms with Gasteiger partial charge in [0.2, 0.25) is 0 Å². The molecule has 0 amide bonds. The topological polar surface area (TPSA) is 18.5 Å². The fraction of sp³-hybridized carbons (Fsp3) is 1.00. The van der Waals surface area contributed by atoms with E-state index in [1.165, 1.54) is 77.0 Å². The maximum absolute atomic E-state index is 5.58. The van der Waals surface area contributed by atoms with Gasteiger partial charge in [0.05, 0.1) is 12.2 Å². The zero-order valence-corrected chi connectivity index (χ0v) is 15.9. The van der Waals surface area contributed by atoms with Crippen molar-refractivity contribution in [2.75, 3.05) is 14.2 Å². The molecule has 2 nitrogen and oxygen atoms in total. The molecule has 134 valence electrons. The molecule has 0 aromatic rings. The van der Waals surface area contributed by atoms with Crippen LogP contribution < -0.4 is 0 Å². The molecule has 0 rings (SSSR count). The summed E-state index contributed by atoms with van der Waals surface area (Å²) in [5.41, 5.74) is 0. The SMILES string of the molecule is CCCCCCCCCCCCCC(CCC(C)OC)OC. The summed E-state index contributed by atoms with van der Waals surface area (Å²) in [7, 11) is 3.64. The first kappa shape index (κ1) is 21.9. The van der Waals surface area contributed by atoms with Gasteiger partial charge in [-0.2, -0.15) is 0 Å². The van der Waals surface area contributed by atoms with Crippen LogP contribution in [0.5, 0.6) is 0 Å². The van der Waals surface area contributed by atoms with Crippen molar-refractivity contribution in [3.05, 3.63) is 0 Å². The number of methoxy groups -OCH3 is 2. The average molecular weight is 315 g/mol. The number of ether oxygens (including phenoxy) is 2. The highest BCUT2D eigenvalue weighted by Crippen LogP contribution is 2.16. The zero-order chi connectivity index (χ0) is 16.5. The first-order chi connectivity index (χ1) is 10.7. The zero-order valence-electron chi connectivity index (χ0n) is 15.9. The highest BCUT2D eigenvalue weighted by molar-refractivity contribution is 4.61. The standard InChI is InChI=1S/C20H42O2/c1-5-6-7-8-9-10-11-12-13-14-15-16-20(22-4)18-17-19(2)21-3/h19-20H,5-18H2,1-4H3. The molecule has 0 fully saturated rings. The lowest BCUT2D eigenvalue weighted by Crippen LogP contribution is -2.14. The summed E-state index contributed by atoms with van der Waals surface area (Å²) >= 11 is 0. The fourth-order valence-corrected chi connectivity index (χ4v) is 2.95. The molecule has 0 aromatic carbocycles. The summed E-state index contributed by atoms with van der Waals surface area (Å²) in [5.74, 6) is 0. The van der Waals surface area contributed by atoms with Gasteiger partial charge in [0, 0.05) is 14.2 Å².